The third-order valence-electron chi connectivity index (χ3n) is 3.51. The van der Waals surface area contributed by atoms with Crippen LogP contribution < -0.4 is 8.92 Å². The summed E-state index contributed by atoms with van der Waals surface area (Å²) < 4.78 is 36.7. The molecule has 1 aromatic heterocycles. The normalized spacial score (nSPS) is 11.5. The van der Waals surface area contributed by atoms with Gasteiger partial charge >= 0.3 is 10.1 Å². The van der Waals surface area contributed by atoms with E-state index in [0.29, 0.717) is 9.99 Å². The van der Waals surface area contributed by atoms with Gasteiger partial charge in [-0.2, -0.15) is 8.42 Å². The molecular weight excluding hydrogens is 394 g/mol. The highest BCUT2D eigenvalue weighted by Gasteiger charge is 2.24. The van der Waals surface area contributed by atoms with E-state index in [4.69, 9.17) is 8.92 Å². The highest BCUT2D eigenvalue weighted by atomic mass is 79.9. The SMILES string of the molecule is COc1cc(C)c(Br)cc1S(=O)(=O)Oc1cccc2cccnc12. The number of ether oxygens (including phenoxy) is 1. The van der Waals surface area contributed by atoms with Gasteiger partial charge in [0.1, 0.15) is 16.2 Å². The van der Waals surface area contributed by atoms with Crippen LogP contribution in [0.4, 0.5) is 0 Å². The van der Waals surface area contributed by atoms with Crippen LogP contribution in [0.5, 0.6) is 11.5 Å². The second-order valence-electron chi connectivity index (χ2n) is 5.12. The Kier molecular flexibility index (Phi) is 4.47. The van der Waals surface area contributed by atoms with Gasteiger partial charge in [0, 0.05) is 16.1 Å². The first-order valence-corrected chi connectivity index (χ1v) is 9.25. The van der Waals surface area contributed by atoms with E-state index in [2.05, 4.69) is 20.9 Å². The van der Waals surface area contributed by atoms with Gasteiger partial charge in [0.15, 0.2) is 5.75 Å². The first-order chi connectivity index (χ1) is 11.4. The van der Waals surface area contributed by atoms with Crippen molar-refractivity contribution in [3.8, 4) is 11.5 Å². The van der Waals surface area contributed by atoms with Crippen molar-refractivity contribution in [3.05, 3.63) is 58.7 Å². The van der Waals surface area contributed by atoms with Crippen molar-refractivity contribution in [1.82, 2.24) is 4.98 Å². The molecular formula is C17H14BrNO4S. The van der Waals surface area contributed by atoms with Gasteiger partial charge in [-0.1, -0.05) is 34.1 Å². The molecule has 0 N–H and O–H groups in total. The van der Waals surface area contributed by atoms with Crippen LogP contribution in [0.2, 0.25) is 0 Å². The molecule has 0 bridgehead atoms. The number of methoxy groups -OCH3 is 1. The Morgan fingerprint density at radius 1 is 1.08 bits per heavy atom. The minimum absolute atomic E-state index is 0.0459. The second-order valence-corrected chi connectivity index (χ2v) is 7.49. The summed E-state index contributed by atoms with van der Waals surface area (Å²) in [5, 5.41) is 0.794. The minimum atomic E-state index is -4.08. The monoisotopic (exact) mass is 407 g/mol. The Morgan fingerprint density at radius 2 is 1.83 bits per heavy atom. The van der Waals surface area contributed by atoms with E-state index >= 15 is 0 Å². The molecule has 0 aliphatic heterocycles. The van der Waals surface area contributed by atoms with Gasteiger partial charge in [0.25, 0.3) is 0 Å². The van der Waals surface area contributed by atoms with Gasteiger partial charge in [-0.15, -0.1) is 0 Å². The van der Waals surface area contributed by atoms with Crippen LogP contribution in [-0.2, 0) is 10.1 Å². The van der Waals surface area contributed by atoms with Crippen LogP contribution >= 0.6 is 15.9 Å². The molecule has 0 radical (unpaired) electrons. The molecule has 0 aliphatic rings. The van der Waals surface area contributed by atoms with Gasteiger partial charge < -0.3 is 8.92 Å². The lowest BCUT2D eigenvalue weighted by Gasteiger charge is -2.13. The van der Waals surface area contributed by atoms with E-state index in [0.717, 1.165) is 10.9 Å². The van der Waals surface area contributed by atoms with Crippen molar-refractivity contribution < 1.29 is 17.3 Å². The van der Waals surface area contributed by atoms with Crippen molar-refractivity contribution >= 4 is 37.0 Å². The number of hydrogen-bond donors (Lipinski definition) is 0. The molecule has 3 rings (SSSR count). The third-order valence-corrected chi connectivity index (χ3v) is 5.62. The predicted octanol–water partition coefficient (Wildman–Crippen LogP) is 4.08. The summed E-state index contributed by atoms with van der Waals surface area (Å²) in [6.07, 6.45) is 1.59. The van der Waals surface area contributed by atoms with E-state index < -0.39 is 10.1 Å². The highest BCUT2D eigenvalue weighted by Crippen LogP contribution is 2.33. The number of halogens is 1. The number of rotatable bonds is 4. The Labute approximate surface area is 148 Å². The summed E-state index contributed by atoms with van der Waals surface area (Å²) in [7, 11) is -2.66. The summed E-state index contributed by atoms with van der Waals surface area (Å²) in [6, 6.07) is 11.9. The third kappa shape index (κ3) is 3.09. The maximum atomic E-state index is 12.7. The van der Waals surface area contributed by atoms with Gasteiger partial charge in [-0.05, 0) is 36.8 Å². The molecule has 0 spiro atoms. The van der Waals surface area contributed by atoms with E-state index in [9.17, 15) is 8.42 Å². The van der Waals surface area contributed by atoms with Gasteiger partial charge in [-0.25, -0.2) is 0 Å². The van der Waals surface area contributed by atoms with Crippen LogP contribution in [0.15, 0.2) is 58.0 Å². The number of hydrogen-bond acceptors (Lipinski definition) is 5. The molecule has 0 aliphatic carbocycles. The van der Waals surface area contributed by atoms with Gasteiger partial charge in [0.2, 0.25) is 0 Å². The molecule has 7 heteroatoms. The molecule has 0 atom stereocenters. The highest BCUT2D eigenvalue weighted by molar-refractivity contribution is 9.10. The topological polar surface area (TPSA) is 65.5 Å². The molecule has 24 heavy (non-hydrogen) atoms. The number of pyridine rings is 1. The molecule has 124 valence electrons. The zero-order chi connectivity index (χ0) is 17.3. The lowest BCUT2D eigenvalue weighted by molar-refractivity contribution is 0.398. The van der Waals surface area contributed by atoms with Gasteiger partial charge in [-0.3, -0.25) is 4.98 Å². The summed E-state index contributed by atoms with van der Waals surface area (Å²) in [5.41, 5.74) is 1.34. The molecule has 3 aromatic rings. The number of aryl methyl sites for hydroxylation is 1. The van der Waals surface area contributed by atoms with Crippen molar-refractivity contribution in [2.24, 2.45) is 0 Å². The zero-order valence-corrected chi connectivity index (χ0v) is 15.4. The molecule has 0 saturated carbocycles. The number of nitrogens with zero attached hydrogens (tertiary/aromatic N) is 1. The smallest absolute Gasteiger partial charge is 0.343 e. The lowest BCUT2D eigenvalue weighted by Crippen LogP contribution is -2.12. The summed E-state index contributed by atoms with van der Waals surface area (Å²) >= 11 is 3.34. The van der Waals surface area contributed by atoms with Crippen LogP contribution in [0.25, 0.3) is 10.9 Å². The van der Waals surface area contributed by atoms with E-state index in [1.165, 1.54) is 13.2 Å². The average molecular weight is 408 g/mol. The van der Waals surface area contributed by atoms with Crippen LogP contribution in [0, 0.1) is 6.92 Å². The summed E-state index contributed by atoms with van der Waals surface area (Å²) in [4.78, 5) is 4.16. The van der Waals surface area contributed by atoms with Crippen LogP contribution in [-0.4, -0.2) is 20.5 Å². The second kappa shape index (κ2) is 6.41. The predicted molar refractivity (Wildman–Crippen MR) is 95.0 cm³/mol. The lowest BCUT2D eigenvalue weighted by atomic mass is 10.2. The Morgan fingerprint density at radius 3 is 2.58 bits per heavy atom. The minimum Gasteiger partial charge on any atom is -0.495 e. The number of para-hydroxylation sites is 1. The first kappa shape index (κ1) is 16.7. The largest absolute Gasteiger partial charge is 0.495 e. The molecule has 0 saturated heterocycles. The van der Waals surface area contributed by atoms with Crippen LogP contribution in [0.3, 0.4) is 0 Å². The van der Waals surface area contributed by atoms with E-state index in [1.807, 2.05) is 19.1 Å². The number of aromatic nitrogens is 1. The van der Waals surface area contributed by atoms with E-state index in [-0.39, 0.29) is 16.4 Å². The number of fused-ring (bicyclic) bond motifs is 1. The molecule has 0 amide bonds. The Balaban J connectivity index is 2.11. The number of benzene rings is 2. The molecule has 5 nitrogen and oxygen atoms in total. The zero-order valence-electron chi connectivity index (χ0n) is 13.0. The Hall–Kier alpha value is -2.12. The standard InChI is InChI=1S/C17H14BrNO4S/c1-11-9-15(22-2)16(10-13(11)18)24(20,21)23-14-7-3-5-12-6-4-8-19-17(12)14/h3-10H,1-2H3. The van der Waals surface area contributed by atoms with Crippen molar-refractivity contribution in [1.29, 1.82) is 0 Å². The molecule has 0 fully saturated rings. The quantitative estimate of drug-likeness (QED) is 0.609. The van der Waals surface area contributed by atoms with Crippen molar-refractivity contribution in [2.45, 2.75) is 11.8 Å². The van der Waals surface area contributed by atoms with Crippen molar-refractivity contribution in [2.75, 3.05) is 7.11 Å². The van der Waals surface area contributed by atoms with Crippen LogP contribution in [0.1, 0.15) is 5.56 Å². The fourth-order valence-corrected chi connectivity index (χ4v) is 3.90. The maximum Gasteiger partial charge on any atom is 0.343 e. The first-order valence-electron chi connectivity index (χ1n) is 7.05. The summed E-state index contributed by atoms with van der Waals surface area (Å²) in [5.74, 6) is 0.399. The van der Waals surface area contributed by atoms with E-state index in [1.54, 1.807) is 30.5 Å². The molecule has 1 heterocycles. The van der Waals surface area contributed by atoms with Gasteiger partial charge in [0.05, 0.1) is 7.11 Å². The molecule has 2 aromatic carbocycles. The maximum absolute atomic E-state index is 12.7. The fourth-order valence-electron chi connectivity index (χ4n) is 2.30. The average Bonchev–Trinajstić information content (AvgIpc) is 2.57. The Bertz CT molecular complexity index is 1010. The summed E-state index contributed by atoms with van der Waals surface area (Å²) in [6.45, 7) is 1.85. The fraction of sp³-hybridized carbons (Fsp3) is 0.118. The molecule has 0 unspecified atom stereocenters. The van der Waals surface area contributed by atoms with Crippen molar-refractivity contribution in [3.63, 3.8) is 0 Å².